The number of aliphatic hydroxyl groups excluding tert-OH is 1. The second-order valence-electron chi connectivity index (χ2n) is 4.77. The van der Waals surface area contributed by atoms with Crippen LogP contribution in [0.3, 0.4) is 0 Å². The fourth-order valence-corrected chi connectivity index (χ4v) is 3.12. The first-order valence-corrected chi connectivity index (χ1v) is 7.36. The summed E-state index contributed by atoms with van der Waals surface area (Å²) in [6.07, 6.45) is 0. The maximum Gasteiger partial charge on any atom is 0.250 e. The zero-order chi connectivity index (χ0) is 14.8. The monoisotopic (exact) mass is 298 g/mol. The number of aryl methyl sites for hydroxylation is 1. The lowest BCUT2D eigenvalue weighted by Crippen LogP contribution is -2.15. The van der Waals surface area contributed by atoms with Gasteiger partial charge in [0.15, 0.2) is 0 Å². The van der Waals surface area contributed by atoms with Crippen LogP contribution in [0, 0.1) is 6.92 Å². The molecule has 0 atom stereocenters. The van der Waals surface area contributed by atoms with Gasteiger partial charge >= 0.3 is 0 Å². The molecule has 0 bridgehead atoms. The third kappa shape index (κ3) is 2.94. The normalized spacial score (nSPS) is 10.8. The summed E-state index contributed by atoms with van der Waals surface area (Å²) >= 11 is 1.65. The standard InChI is InChI=1S/C16H14N2O2S/c1-10-2-7-13-14(8-10)21-16(18-13)11-3-5-12(6-4-11)17-15(20)9-19/h2-8,19H,9H2,1H3,(H,17,20). The largest absolute Gasteiger partial charge is 0.387 e. The number of amides is 1. The number of aromatic nitrogens is 1. The Kier molecular flexibility index (Phi) is 3.68. The smallest absolute Gasteiger partial charge is 0.250 e. The number of nitrogens with zero attached hydrogens (tertiary/aromatic N) is 1. The first-order chi connectivity index (χ1) is 10.2. The zero-order valence-corrected chi connectivity index (χ0v) is 12.3. The molecule has 3 aromatic rings. The lowest BCUT2D eigenvalue weighted by molar-refractivity contribution is -0.118. The third-order valence-electron chi connectivity index (χ3n) is 3.10. The molecule has 0 saturated carbocycles. The van der Waals surface area contributed by atoms with E-state index in [9.17, 15) is 4.79 Å². The first kappa shape index (κ1) is 13.7. The molecule has 5 heteroatoms. The second kappa shape index (κ2) is 5.63. The highest BCUT2D eigenvalue weighted by Gasteiger charge is 2.07. The number of rotatable bonds is 3. The molecule has 0 fully saturated rings. The topological polar surface area (TPSA) is 62.2 Å². The molecule has 1 amide bonds. The summed E-state index contributed by atoms with van der Waals surface area (Å²) < 4.78 is 1.17. The molecule has 0 saturated heterocycles. The van der Waals surface area contributed by atoms with Crippen LogP contribution in [-0.4, -0.2) is 22.6 Å². The molecule has 0 aliphatic carbocycles. The SMILES string of the molecule is Cc1ccc2nc(-c3ccc(NC(=O)CO)cc3)sc2c1. The average Bonchev–Trinajstić information content (AvgIpc) is 2.90. The van der Waals surface area contributed by atoms with Gasteiger partial charge in [0, 0.05) is 11.3 Å². The van der Waals surface area contributed by atoms with E-state index >= 15 is 0 Å². The van der Waals surface area contributed by atoms with Crippen LogP contribution in [0.25, 0.3) is 20.8 Å². The quantitative estimate of drug-likeness (QED) is 0.780. The van der Waals surface area contributed by atoms with Crippen LogP contribution in [0.2, 0.25) is 0 Å². The van der Waals surface area contributed by atoms with Gasteiger partial charge in [0.25, 0.3) is 0 Å². The number of anilines is 1. The van der Waals surface area contributed by atoms with Crippen LogP contribution in [0.4, 0.5) is 5.69 Å². The van der Waals surface area contributed by atoms with Crippen LogP contribution in [0.5, 0.6) is 0 Å². The van der Waals surface area contributed by atoms with Gasteiger partial charge in [0.1, 0.15) is 11.6 Å². The molecular weight excluding hydrogens is 284 g/mol. The van der Waals surface area contributed by atoms with Crippen molar-refractivity contribution in [2.75, 3.05) is 11.9 Å². The minimum absolute atomic E-state index is 0.418. The Bertz CT molecular complexity index is 794. The Hall–Kier alpha value is -2.24. The third-order valence-corrected chi connectivity index (χ3v) is 4.17. The van der Waals surface area contributed by atoms with Crippen molar-refractivity contribution in [3.63, 3.8) is 0 Å². The van der Waals surface area contributed by atoms with Crippen molar-refractivity contribution in [1.29, 1.82) is 0 Å². The fourth-order valence-electron chi connectivity index (χ4n) is 2.05. The first-order valence-electron chi connectivity index (χ1n) is 6.54. The van der Waals surface area contributed by atoms with E-state index in [4.69, 9.17) is 5.11 Å². The van der Waals surface area contributed by atoms with E-state index in [1.807, 2.05) is 18.2 Å². The van der Waals surface area contributed by atoms with Crippen LogP contribution in [0.15, 0.2) is 42.5 Å². The molecule has 0 unspecified atom stereocenters. The van der Waals surface area contributed by atoms with Gasteiger partial charge in [0.2, 0.25) is 5.91 Å². The Labute approximate surface area is 126 Å². The summed E-state index contributed by atoms with van der Waals surface area (Å²) in [4.78, 5) is 15.7. The lowest BCUT2D eigenvalue weighted by Gasteiger charge is -2.03. The number of benzene rings is 2. The number of carbonyl (C=O) groups is 1. The molecule has 1 heterocycles. The predicted molar refractivity (Wildman–Crippen MR) is 85.5 cm³/mol. The van der Waals surface area contributed by atoms with Crippen molar-refractivity contribution in [2.45, 2.75) is 6.92 Å². The summed E-state index contributed by atoms with van der Waals surface area (Å²) in [7, 11) is 0. The Morgan fingerprint density at radius 1 is 1.24 bits per heavy atom. The van der Waals surface area contributed by atoms with Gasteiger partial charge in [0.05, 0.1) is 10.2 Å². The summed E-state index contributed by atoms with van der Waals surface area (Å²) in [5, 5.41) is 12.3. The fraction of sp³-hybridized carbons (Fsp3) is 0.125. The average molecular weight is 298 g/mol. The Morgan fingerprint density at radius 2 is 2.00 bits per heavy atom. The summed E-state index contributed by atoms with van der Waals surface area (Å²) in [6, 6.07) is 13.7. The molecular formula is C16H14N2O2S. The molecule has 4 nitrogen and oxygen atoms in total. The molecule has 0 aliphatic rings. The molecule has 3 rings (SSSR count). The Morgan fingerprint density at radius 3 is 2.71 bits per heavy atom. The van der Waals surface area contributed by atoms with Crippen molar-refractivity contribution in [2.24, 2.45) is 0 Å². The van der Waals surface area contributed by atoms with Gasteiger partial charge in [-0.2, -0.15) is 0 Å². The number of hydrogen-bond acceptors (Lipinski definition) is 4. The van der Waals surface area contributed by atoms with Gasteiger partial charge in [-0.1, -0.05) is 6.07 Å². The number of carbonyl (C=O) groups excluding carboxylic acids is 1. The summed E-state index contributed by atoms with van der Waals surface area (Å²) in [5.74, 6) is -0.418. The van der Waals surface area contributed by atoms with E-state index in [1.54, 1.807) is 23.5 Å². The van der Waals surface area contributed by atoms with Crippen molar-refractivity contribution < 1.29 is 9.90 Å². The predicted octanol–water partition coefficient (Wildman–Crippen LogP) is 3.20. The van der Waals surface area contributed by atoms with Crippen molar-refractivity contribution in [3.8, 4) is 10.6 Å². The maximum atomic E-state index is 11.1. The number of fused-ring (bicyclic) bond motifs is 1. The van der Waals surface area contributed by atoms with E-state index in [2.05, 4.69) is 29.4 Å². The van der Waals surface area contributed by atoms with E-state index in [0.29, 0.717) is 5.69 Å². The number of thiazole rings is 1. The lowest BCUT2D eigenvalue weighted by atomic mass is 10.2. The van der Waals surface area contributed by atoms with E-state index in [-0.39, 0.29) is 0 Å². The van der Waals surface area contributed by atoms with Crippen LogP contribution < -0.4 is 5.32 Å². The highest BCUT2D eigenvalue weighted by Crippen LogP contribution is 2.31. The molecule has 2 N–H and O–H groups in total. The van der Waals surface area contributed by atoms with Crippen LogP contribution >= 0.6 is 11.3 Å². The summed E-state index contributed by atoms with van der Waals surface area (Å²) in [6.45, 7) is 1.55. The minimum atomic E-state index is -0.515. The maximum absolute atomic E-state index is 11.1. The van der Waals surface area contributed by atoms with Crippen LogP contribution in [0.1, 0.15) is 5.56 Å². The zero-order valence-electron chi connectivity index (χ0n) is 11.5. The van der Waals surface area contributed by atoms with E-state index < -0.39 is 12.5 Å². The van der Waals surface area contributed by atoms with Crippen molar-refractivity contribution in [1.82, 2.24) is 4.98 Å². The van der Waals surface area contributed by atoms with Gasteiger partial charge in [-0.3, -0.25) is 4.79 Å². The molecule has 106 valence electrons. The van der Waals surface area contributed by atoms with Crippen molar-refractivity contribution in [3.05, 3.63) is 48.0 Å². The summed E-state index contributed by atoms with van der Waals surface area (Å²) in [5.41, 5.74) is 3.89. The molecule has 0 aliphatic heterocycles. The van der Waals surface area contributed by atoms with E-state index in [1.165, 1.54) is 10.3 Å². The molecule has 21 heavy (non-hydrogen) atoms. The number of hydrogen-bond donors (Lipinski definition) is 2. The van der Waals surface area contributed by atoms with Crippen molar-refractivity contribution >= 4 is 33.1 Å². The van der Waals surface area contributed by atoms with Gasteiger partial charge < -0.3 is 10.4 Å². The Balaban J connectivity index is 1.90. The highest BCUT2D eigenvalue weighted by molar-refractivity contribution is 7.21. The minimum Gasteiger partial charge on any atom is -0.387 e. The van der Waals surface area contributed by atoms with Gasteiger partial charge in [-0.25, -0.2) is 4.98 Å². The van der Waals surface area contributed by atoms with Gasteiger partial charge in [-0.15, -0.1) is 11.3 Å². The van der Waals surface area contributed by atoms with E-state index in [0.717, 1.165) is 16.1 Å². The number of nitrogens with one attached hydrogen (secondary N) is 1. The molecule has 1 aromatic heterocycles. The molecule has 2 aromatic carbocycles. The van der Waals surface area contributed by atoms with Gasteiger partial charge in [-0.05, 0) is 48.9 Å². The second-order valence-corrected chi connectivity index (χ2v) is 5.80. The highest BCUT2D eigenvalue weighted by atomic mass is 32.1. The van der Waals surface area contributed by atoms with Crippen LogP contribution in [-0.2, 0) is 4.79 Å². The number of aliphatic hydroxyl groups is 1. The molecule has 0 spiro atoms. The molecule has 0 radical (unpaired) electrons.